The Kier molecular flexibility index (Phi) is 5.23. The van der Waals surface area contributed by atoms with E-state index in [1.807, 2.05) is 12.1 Å². The average Bonchev–Trinajstić information content (AvgIpc) is 3.36. The van der Waals surface area contributed by atoms with E-state index in [-0.39, 0.29) is 17.7 Å². The van der Waals surface area contributed by atoms with Crippen LogP contribution in [0.3, 0.4) is 0 Å². The third-order valence-corrected chi connectivity index (χ3v) is 5.14. The number of nitrogens with one attached hydrogen (secondary N) is 1. The Morgan fingerprint density at radius 1 is 1.21 bits per heavy atom. The number of benzene rings is 1. The van der Waals surface area contributed by atoms with Gasteiger partial charge in [0, 0.05) is 19.1 Å². The van der Waals surface area contributed by atoms with Gasteiger partial charge in [0.05, 0.1) is 11.6 Å². The van der Waals surface area contributed by atoms with E-state index in [0.717, 1.165) is 31.4 Å². The zero-order valence-corrected chi connectivity index (χ0v) is 15.8. The van der Waals surface area contributed by atoms with E-state index in [1.165, 1.54) is 6.33 Å². The third-order valence-electron chi connectivity index (χ3n) is 5.14. The first-order chi connectivity index (χ1) is 13.6. The van der Waals surface area contributed by atoms with Gasteiger partial charge in [-0.3, -0.25) is 9.59 Å². The van der Waals surface area contributed by atoms with Gasteiger partial charge in [0.1, 0.15) is 12.1 Å². The van der Waals surface area contributed by atoms with E-state index in [2.05, 4.69) is 20.8 Å². The summed E-state index contributed by atoms with van der Waals surface area (Å²) in [7, 11) is 0. The highest BCUT2D eigenvalue weighted by atomic mass is 16.5. The summed E-state index contributed by atoms with van der Waals surface area (Å²) in [6, 6.07) is 7.55. The third kappa shape index (κ3) is 4.29. The van der Waals surface area contributed by atoms with Crippen LogP contribution < -0.4 is 10.1 Å². The largest absolute Gasteiger partial charge is 0.481 e. The summed E-state index contributed by atoms with van der Waals surface area (Å²) in [5, 5.41) is 14.1. The highest BCUT2D eigenvalue weighted by molar-refractivity contribution is 5.83. The average molecular weight is 384 g/mol. The van der Waals surface area contributed by atoms with Crippen molar-refractivity contribution in [1.29, 1.82) is 0 Å². The van der Waals surface area contributed by atoms with Crippen molar-refractivity contribution in [3.63, 3.8) is 0 Å². The van der Waals surface area contributed by atoms with Crippen LogP contribution in [0.1, 0.15) is 32.6 Å². The number of amides is 2. The number of hydrogen-bond acceptors (Lipinski definition) is 6. The topological polar surface area (TPSA) is 102 Å². The lowest BCUT2D eigenvalue weighted by Gasteiger charge is -2.33. The predicted octanol–water partition coefficient (Wildman–Crippen LogP) is 0.947. The number of ether oxygens (including phenoxy) is 1. The lowest BCUT2D eigenvalue weighted by atomic mass is 9.96. The number of rotatable bonds is 6. The standard InChI is InChI=1S/C19H24N6O3/c1-13(28-17-8-6-16(7-9-17)25-12-20-22-23-25)19(27)24-10-2-3-14(11-24)18(26)21-15-4-5-15/h6-9,12-15H,2-5,10-11H2,1H3,(H,21,26)/t13-,14-/m1/s1. The van der Waals surface area contributed by atoms with Gasteiger partial charge in [-0.1, -0.05) is 0 Å². The molecule has 1 aromatic heterocycles. The number of tetrazole rings is 1. The number of hydrogen-bond donors (Lipinski definition) is 1. The van der Waals surface area contributed by atoms with Crippen LogP contribution in [0.4, 0.5) is 0 Å². The number of carbonyl (C=O) groups is 2. The predicted molar refractivity (Wildman–Crippen MR) is 99.7 cm³/mol. The fraction of sp³-hybridized carbons (Fsp3) is 0.526. The van der Waals surface area contributed by atoms with Gasteiger partial charge in [-0.25, -0.2) is 4.68 Å². The summed E-state index contributed by atoms with van der Waals surface area (Å²) in [4.78, 5) is 26.9. The zero-order chi connectivity index (χ0) is 19.5. The molecule has 2 atom stereocenters. The molecule has 1 aliphatic carbocycles. The van der Waals surface area contributed by atoms with E-state index in [0.29, 0.717) is 24.9 Å². The number of aromatic nitrogens is 4. The van der Waals surface area contributed by atoms with Crippen LogP contribution in [0, 0.1) is 5.92 Å². The van der Waals surface area contributed by atoms with Gasteiger partial charge < -0.3 is 15.0 Å². The van der Waals surface area contributed by atoms with Crippen LogP contribution in [-0.4, -0.2) is 62.2 Å². The summed E-state index contributed by atoms with van der Waals surface area (Å²) in [5.74, 6) is 0.457. The Morgan fingerprint density at radius 3 is 2.68 bits per heavy atom. The Balaban J connectivity index is 1.32. The van der Waals surface area contributed by atoms with Gasteiger partial charge in [-0.05, 0) is 67.3 Å². The normalized spacial score (nSPS) is 20.5. The molecule has 0 radical (unpaired) electrons. The zero-order valence-electron chi connectivity index (χ0n) is 15.8. The molecule has 0 bridgehead atoms. The maximum absolute atomic E-state index is 12.8. The summed E-state index contributed by atoms with van der Waals surface area (Å²) in [5.41, 5.74) is 0.803. The summed E-state index contributed by atoms with van der Waals surface area (Å²) in [6.07, 6.45) is 4.69. The van der Waals surface area contributed by atoms with Crippen LogP contribution in [0.15, 0.2) is 30.6 Å². The second kappa shape index (κ2) is 7.95. The fourth-order valence-corrected chi connectivity index (χ4v) is 3.41. The molecule has 1 saturated heterocycles. The van der Waals surface area contributed by atoms with Crippen molar-refractivity contribution >= 4 is 11.8 Å². The number of piperidine rings is 1. The molecule has 1 saturated carbocycles. The van der Waals surface area contributed by atoms with Crippen LogP contribution in [0.2, 0.25) is 0 Å². The number of likely N-dealkylation sites (tertiary alicyclic amines) is 1. The SMILES string of the molecule is C[C@@H](Oc1ccc(-n2cnnn2)cc1)C(=O)N1CCC[C@@H](C(=O)NC2CC2)C1. The molecule has 1 N–H and O–H groups in total. The Bertz CT molecular complexity index is 819. The molecule has 0 unspecified atom stereocenters. The Labute approximate surface area is 163 Å². The van der Waals surface area contributed by atoms with Crippen molar-refractivity contribution in [2.24, 2.45) is 5.92 Å². The highest BCUT2D eigenvalue weighted by Gasteiger charge is 2.33. The van der Waals surface area contributed by atoms with Crippen LogP contribution in [0.5, 0.6) is 5.75 Å². The van der Waals surface area contributed by atoms with Gasteiger partial charge in [0.25, 0.3) is 5.91 Å². The van der Waals surface area contributed by atoms with Crippen molar-refractivity contribution < 1.29 is 14.3 Å². The monoisotopic (exact) mass is 384 g/mol. The van der Waals surface area contributed by atoms with Gasteiger partial charge in [-0.2, -0.15) is 0 Å². The molecule has 2 heterocycles. The molecule has 2 aromatic rings. The first-order valence-electron chi connectivity index (χ1n) is 9.69. The van der Waals surface area contributed by atoms with Crippen LogP contribution in [-0.2, 0) is 9.59 Å². The lowest BCUT2D eigenvalue weighted by molar-refractivity contribution is -0.141. The van der Waals surface area contributed by atoms with Gasteiger partial charge >= 0.3 is 0 Å². The molecule has 9 heteroatoms. The fourth-order valence-electron chi connectivity index (χ4n) is 3.41. The van der Waals surface area contributed by atoms with Crippen molar-refractivity contribution in [2.45, 2.75) is 44.8 Å². The van der Waals surface area contributed by atoms with E-state index < -0.39 is 6.10 Å². The minimum Gasteiger partial charge on any atom is -0.481 e. The quantitative estimate of drug-likeness (QED) is 0.795. The second-order valence-electron chi connectivity index (χ2n) is 7.41. The van der Waals surface area contributed by atoms with E-state index in [1.54, 1.807) is 28.6 Å². The Morgan fingerprint density at radius 2 is 2.00 bits per heavy atom. The molecule has 2 fully saturated rings. The van der Waals surface area contributed by atoms with Crippen LogP contribution >= 0.6 is 0 Å². The van der Waals surface area contributed by atoms with Crippen molar-refractivity contribution in [2.75, 3.05) is 13.1 Å². The molecule has 2 aliphatic rings. The second-order valence-corrected chi connectivity index (χ2v) is 7.41. The molecular formula is C19H24N6O3. The molecule has 4 rings (SSSR count). The maximum Gasteiger partial charge on any atom is 0.263 e. The van der Waals surface area contributed by atoms with Gasteiger partial charge in [-0.15, -0.1) is 5.10 Å². The van der Waals surface area contributed by atoms with E-state index in [4.69, 9.17) is 4.74 Å². The molecule has 9 nitrogen and oxygen atoms in total. The van der Waals surface area contributed by atoms with Crippen LogP contribution in [0.25, 0.3) is 5.69 Å². The maximum atomic E-state index is 12.8. The number of nitrogens with zero attached hydrogens (tertiary/aromatic N) is 5. The lowest BCUT2D eigenvalue weighted by Crippen LogP contribution is -2.49. The summed E-state index contributed by atoms with van der Waals surface area (Å²) < 4.78 is 7.36. The highest BCUT2D eigenvalue weighted by Crippen LogP contribution is 2.23. The summed E-state index contributed by atoms with van der Waals surface area (Å²) >= 11 is 0. The minimum atomic E-state index is -0.621. The molecular weight excluding hydrogens is 360 g/mol. The van der Waals surface area contributed by atoms with Crippen molar-refractivity contribution in [3.05, 3.63) is 30.6 Å². The Hall–Kier alpha value is -2.97. The molecule has 1 aliphatic heterocycles. The first-order valence-corrected chi connectivity index (χ1v) is 9.69. The minimum absolute atomic E-state index is 0.0757. The van der Waals surface area contributed by atoms with Gasteiger partial charge in [0.2, 0.25) is 5.91 Å². The molecule has 2 amide bonds. The smallest absolute Gasteiger partial charge is 0.263 e. The molecule has 1 aromatic carbocycles. The first kappa shape index (κ1) is 18.4. The summed E-state index contributed by atoms with van der Waals surface area (Å²) in [6.45, 7) is 2.87. The molecule has 148 valence electrons. The van der Waals surface area contributed by atoms with Crippen molar-refractivity contribution in [1.82, 2.24) is 30.4 Å². The molecule has 28 heavy (non-hydrogen) atoms. The van der Waals surface area contributed by atoms with Gasteiger partial charge in [0.15, 0.2) is 6.10 Å². The molecule has 0 spiro atoms. The van der Waals surface area contributed by atoms with E-state index in [9.17, 15) is 9.59 Å². The number of carbonyl (C=O) groups excluding carboxylic acids is 2. The van der Waals surface area contributed by atoms with E-state index >= 15 is 0 Å². The van der Waals surface area contributed by atoms with Crippen molar-refractivity contribution in [3.8, 4) is 11.4 Å².